The van der Waals surface area contributed by atoms with Crippen LogP contribution in [0.1, 0.15) is 17.2 Å². The van der Waals surface area contributed by atoms with E-state index in [1.807, 2.05) is 0 Å². The molecule has 0 unspecified atom stereocenters. The summed E-state index contributed by atoms with van der Waals surface area (Å²) in [6.45, 7) is -0.272. The molecule has 1 aromatic rings. The average molecular weight is 211 g/mol. The van der Waals surface area contributed by atoms with Crippen LogP contribution in [-0.4, -0.2) is 27.9 Å². The van der Waals surface area contributed by atoms with Crippen molar-refractivity contribution < 1.29 is 20.1 Å². The van der Waals surface area contributed by atoms with Gasteiger partial charge in [-0.1, -0.05) is 12.1 Å². The van der Waals surface area contributed by atoms with Crippen LogP contribution in [0.2, 0.25) is 0 Å². The van der Waals surface area contributed by atoms with Crippen molar-refractivity contribution in [3.63, 3.8) is 0 Å². The number of benzene rings is 1. The Balaban J connectivity index is 2.92. The molecule has 0 aliphatic rings. The molecule has 0 radical (unpaired) electrons. The number of hydrogen-bond donors (Lipinski definition) is 4. The second kappa shape index (κ2) is 4.77. The van der Waals surface area contributed by atoms with Crippen molar-refractivity contribution in [2.24, 2.45) is 5.73 Å². The zero-order valence-electron chi connectivity index (χ0n) is 8.05. The van der Waals surface area contributed by atoms with E-state index in [1.165, 1.54) is 12.1 Å². The lowest BCUT2D eigenvalue weighted by atomic mass is 10.0. The van der Waals surface area contributed by atoms with Gasteiger partial charge in [-0.15, -0.1) is 0 Å². The van der Waals surface area contributed by atoms with Crippen molar-refractivity contribution in [3.8, 4) is 5.75 Å². The number of carboxylic acid groups (broad SMARTS) is 1. The molecule has 1 rings (SSSR count). The minimum atomic E-state index is -0.964. The fourth-order valence-corrected chi connectivity index (χ4v) is 1.29. The molecule has 0 fully saturated rings. The SMILES string of the molecule is N[C@@H](CO)c1ccc(CC(=O)O)cc1O. The van der Waals surface area contributed by atoms with Gasteiger partial charge in [0.15, 0.2) is 0 Å². The third-order valence-electron chi connectivity index (χ3n) is 2.05. The van der Waals surface area contributed by atoms with Gasteiger partial charge < -0.3 is 21.1 Å². The molecule has 1 aromatic carbocycles. The molecule has 5 heteroatoms. The van der Waals surface area contributed by atoms with Crippen molar-refractivity contribution >= 4 is 5.97 Å². The van der Waals surface area contributed by atoms with Gasteiger partial charge in [-0.3, -0.25) is 4.79 Å². The maximum absolute atomic E-state index is 10.4. The van der Waals surface area contributed by atoms with E-state index in [1.54, 1.807) is 6.07 Å². The maximum atomic E-state index is 10.4. The molecule has 5 nitrogen and oxygen atoms in total. The van der Waals surface area contributed by atoms with Crippen LogP contribution in [0, 0.1) is 0 Å². The molecular weight excluding hydrogens is 198 g/mol. The molecular formula is C10H13NO4. The molecule has 82 valence electrons. The Hall–Kier alpha value is -1.59. The lowest BCUT2D eigenvalue weighted by Crippen LogP contribution is -2.14. The van der Waals surface area contributed by atoms with E-state index in [-0.39, 0.29) is 18.8 Å². The predicted octanol–water partition coefficient (Wildman–Crippen LogP) is 0.0114. The summed E-state index contributed by atoms with van der Waals surface area (Å²) in [5.74, 6) is -1.05. The number of phenolic OH excluding ortho intramolecular Hbond substituents is 1. The van der Waals surface area contributed by atoms with Gasteiger partial charge in [0.05, 0.1) is 19.1 Å². The summed E-state index contributed by atoms with van der Waals surface area (Å²) >= 11 is 0. The Labute approximate surface area is 86.8 Å². The highest BCUT2D eigenvalue weighted by Gasteiger charge is 2.11. The van der Waals surface area contributed by atoms with Crippen molar-refractivity contribution in [1.82, 2.24) is 0 Å². The van der Waals surface area contributed by atoms with Crippen molar-refractivity contribution in [3.05, 3.63) is 29.3 Å². The summed E-state index contributed by atoms with van der Waals surface area (Å²) in [5, 5.41) is 26.9. The molecule has 1 atom stereocenters. The highest BCUT2D eigenvalue weighted by atomic mass is 16.4. The summed E-state index contributed by atoms with van der Waals surface area (Å²) in [7, 11) is 0. The molecule has 0 spiro atoms. The minimum absolute atomic E-state index is 0.0877. The number of carboxylic acids is 1. The van der Waals surface area contributed by atoms with Crippen LogP contribution >= 0.6 is 0 Å². The normalized spacial score (nSPS) is 12.4. The topological polar surface area (TPSA) is 104 Å². The third kappa shape index (κ3) is 2.93. The van der Waals surface area contributed by atoms with Crippen LogP contribution in [-0.2, 0) is 11.2 Å². The van der Waals surface area contributed by atoms with Gasteiger partial charge in [0.25, 0.3) is 0 Å². The summed E-state index contributed by atoms with van der Waals surface area (Å²) < 4.78 is 0. The summed E-state index contributed by atoms with van der Waals surface area (Å²) in [6, 6.07) is 3.79. The molecule has 0 bridgehead atoms. The summed E-state index contributed by atoms with van der Waals surface area (Å²) in [5.41, 5.74) is 6.42. The molecule has 0 aliphatic heterocycles. The van der Waals surface area contributed by atoms with E-state index in [4.69, 9.17) is 15.9 Å². The van der Waals surface area contributed by atoms with Gasteiger partial charge in [-0.2, -0.15) is 0 Å². The molecule has 0 heterocycles. The molecule has 5 N–H and O–H groups in total. The number of aliphatic hydroxyl groups is 1. The summed E-state index contributed by atoms with van der Waals surface area (Å²) in [4.78, 5) is 10.4. The largest absolute Gasteiger partial charge is 0.508 e. The van der Waals surface area contributed by atoms with E-state index in [0.29, 0.717) is 11.1 Å². The zero-order valence-corrected chi connectivity index (χ0v) is 8.05. The second-order valence-corrected chi connectivity index (χ2v) is 3.25. The van der Waals surface area contributed by atoms with Crippen molar-refractivity contribution in [2.75, 3.05) is 6.61 Å². The first-order chi connectivity index (χ1) is 7.04. The van der Waals surface area contributed by atoms with Crippen LogP contribution in [0.3, 0.4) is 0 Å². The van der Waals surface area contributed by atoms with Gasteiger partial charge in [0.2, 0.25) is 0 Å². The maximum Gasteiger partial charge on any atom is 0.307 e. The quantitative estimate of drug-likeness (QED) is 0.561. The second-order valence-electron chi connectivity index (χ2n) is 3.25. The first-order valence-corrected chi connectivity index (χ1v) is 4.44. The van der Waals surface area contributed by atoms with E-state index in [2.05, 4.69) is 0 Å². The van der Waals surface area contributed by atoms with Crippen LogP contribution in [0.4, 0.5) is 0 Å². The highest BCUT2D eigenvalue weighted by Crippen LogP contribution is 2.23. The minimum Gasteiger partial charge on any atom is -0.508 e. The number of aliphatic hydroxyl groups excluding tert-OH is 1. The van der Waals surface area contributed by atoms with E-state index >= 15 is 0 Å². The standard InChI is InChI=1S/C10H13NO4/c11-8(5-12)7-2-1-6(3-9(7)13)4-10(14)15/h1-3,8,12-13H,4-5,11H2,(H,14,15)/t8-/m0/s1. The molecule has 0 amide bonds. The van der Waals surface area contributed by atoms with Crippen LogP contribution in [0.15, 0.2) is 18.2 Å². The Kier molecular flexibility index (Phi) is 3.65. The molecule has 0 aromatic heterocycles. The number of nitrogens with two attached hydrogens (primary N) is 1. The summed E-state index contributed by atoms with van der Waals surface area (Å²) in [6.07, 6.45) is -0.151. The number of hydrogen-bond acceptors (Lipinski definition) is 4. The van der Waals surface area contributed by atoms with Gasteiger partial charge >= 0.3 is 5.97 Å². The van der Waals surface area contributed by atoms with Crippen LogP contribution in [0.25, 0.3) is 0 Å². The third-order valence-corrected chi connectivity index (χ3v) is 2.05. The van der Waals surface area contributed by atoms with Crippen LogP contribution in [0.5, 0.6) is 5.75 Å². The van der Waals surface area contributed by atoms with E-state index in [0.717, 1.165) is 0 Å². The number of rotatable bonds is 4. The highest BCUT2D eigenvalue weighted by molar-refractivity contribution is 5.70. The Bertz CT molecular complexity index is 364. The lowest BCUT2D eigenvalue weighted by Gasteiger charge is -2.11. The lowest BCUT2D eigenvalue weighted by molar-refractivity contribution is -0.136. The Morgan fingerprint density at radius 1 is 1.47 bits per heavy atom. The van der Waals surface area contributed by atoms with Crippen molar-refractivity contribution in [1.29, 1.82) is 0 Å². The molecule has 0 saturated carbocycles. The van der Waals surface area contributed by atoms with E-state index in [9.17, 15) is 9.90 Å². The molecule has 15 heavy (non-hydrogen) atoms. The smallest absolute Gasteiger partial charge is 0.307 e. The fourth-order valence-electron chi connectivity index (χ4n) is 1.29. The molecule has 0 saturated heterocycles. The van der Waals surface area contributed by atoms with E-state index < -0.39 is 12.0 Å². The number of carbonyl (C=O) groups is 1. The Morgan fingerprint density at radius 3 is 2.60 bits per heavy atom. The van der Waals surface area contributed by atoms with Gasteiger partial charge in [-0.05, 0) is 11.6 Å². The Morgan fingerprint density at radius 2 is 2.13 bits per heavy atom. The monoisotopic (exact) mass is 211 g/mol. The van der Waals surface area contributed by atoms with Crippen molar-refractivity contribution in [2.45, 2.75) is 12.5 Å². The van der Waals surface area contributed by atoms with Gasteiger partial charge in [0.1, 0.15) is 5.75 Å². The predicted molar refractivity (Wildman–Crippen MR) is 53.5 cm³/mol. The van der Waals surface area contributed by atoms with Gasteiger partial charge in [0, 0.05) is 5.56 Å². The number of phenols is 1. The number of aliphatic carboxylic acids is 1. The molecule has 0 aliphatic carbocycles. The van der Waals surface area contributed by atoms with Gasteiger partial charge in [-0.25, -0.2) is 0 Å². The average Bonchev–Trinajstić information content (AvgIpc) is 2.16. The first-order valence-electron chi connectivity index (χ1n) is 4.44. The number of aromatic hydroxyl groups is 1. The zero-order chi connectivity index (χ0) is 11.4. The van der Waals surface area contributed by atoms with Crippen LogP contribution < -0.4 is 5.73 Å². The fraction of sp³-hybridized carbons (Fsp3) is 0.300. The first kappa shape index (κ1) is 11.5.